The summed E-state index contributed by atoms with van der Waals surface area (Å²) in [5, 5.41) is 10.6. The van der Waals surface area contributed by atoms with Gasteiger partial charge in [0.15, 0.2) is 0 Å². The van der Waals surface area contributed by atoms with E-state index in [-0.39, 0.29) is 29.4 Å². The van der Waals surface area contributed by atoms with Gasteiger partial charge in [0.1, 0.15) is 5.75 Å². The number of alkyl halides is 3. The van der Waals surface area contributed by atoms with Gasteiger partial charge in [-0.05, 0) is 66.8 Å². The molecule has 8 nitrogen and oxygen atoms in total. The van der Waals surface area contributed by atoms with Gasteiger partial charge in [0, 0.05) is 37.4 Å². The minimum Gasteiger partial charge on any atom is -0.406 e. The van der Waals surface area contributed by atoms with E-state index in [4.69, 9.17) is 0 Å². The first-order valence-electron chi connectivity index (χ1n) is 12.3. The lowest BCUT2D eigenvalue weighted by molar-refractivity contribution is -0.274. The van der Waals surface area contributed by atoms with Gasteiger partial charge in [0.2, 0.25) is 5.91 Å². The van der Waals surface area contributed by atoms with E-state index in [1.165, 1.54) is 12.1 Å². The van der Waals surface area contributed by atoms with Gasteiger partial charge in [0.05, 0.1) is 24.0 Å². The van der Waals surface area contributed by atoms with Crippen molar-refractivity contribution in [2.75, 3.05) is 36.4 Å². The summed E-state index contributed by atoms with van der Waals surface area (Å²) >= 11 is 0. The monoisotopic (exact) mass is 525 g/mol. The number of ether oxygens (including phenoxy) is 1. The number of halogens is 3. The number of carbonyl (C=O) groups is 2. The fourth-order valence-corrected chi connectivity index (χ4v) is 4.81. The molecule has 0 saturated carbocycles. The van der Waals surface area contributed by atoms with Gasteiger partial charge in [-0.2, -0.15) is 10.2 Å². The van der Waals surface area contributed by atoms with Crippen molar-refractivity contribution in [2.45, 2.75) is 25.1 Å². The lowest BCUT2D eigenvalue weighted by atomic mass is 9.89. The highest BCUT2D eigenvalue weighted by Crippen LogP contribution is 2.31. The van der Waals surface area contributed by atoms with Crippen LogP contribution in [0.5, 0.6) is 5.75 Å². The van der Waals surface area contributed by atoms with Gasteiger partial charge >= 0.3 is 6.36 Å². The number of anilines is 2. The zero-order chi connectivity index (χ0) is 26.7. The third kappa shape index (κ3) is 6.04. The van der Waals surface area contributed by atoms with Crippen LogP contribution in [-0.2, 0) is 4.79 Å². The lowest BCUT2D eigenvalue weighted by Gasteiger charge is -2.39. The van der Waals surface area contributed by atoms with Crippen molar-refractivity contribution in [3.05, 3.63) is 78.1 Å². The first kappa shape index (κ1) is 25.5. The third-order valence-electron chi connectivity index (χ3n) is 6.95. The largest absolute Gasteiger partial charge is 0.573 e. The number of hydrogen-bond donors (Lipinski definition) is 1. The van der Waals surface area contributed by atoms with Gasteiger partial charge in [-0.15, -0.1) is 13.2 Å². The predicted molar refractivity (Wildman–Crippen MR) is 134 cm³/mol. The van der Waals surface area contributed by atoms with Crippen LogP contribution in [0.2, 0.25) is 0 Å². The molecule has 1 N–H and O–H groups in total. The van der Waals surface area contributed by atoms with E-state index in [1.54, 1.807) is 17.3 Å². The van der Waals surface area contributed by atoms with E-state index < -0.39 is 6.36 Å². The van der Waals surface area contributed by atoms with Crippen molar-refractivity contribution in [1.82, 2.24) is 15.1 Å². The molecule has 3 heterocycles. The van der Waals surface area contributed by atoms with Crippen LogP contribution in [0.1, 0.15) is 34.7 Å². The Kier molecular flexibility index (Phi) is 7.17. The number of aromatic nitrogens is 2. The molecule has 11 heteroatoms. The molecule has 5 rings (SSSR count). The fraction of sp³-hybridized carbons (Fsp3) is 0.333. The SMILES string of the molecule is O=C(Nc1ccc(C2CCN(C(=O)c3ccc(OC(F)(F)F)cc3)CC2)cc1)C1CN(c2ccnnc2)C1. The summed E-state index contributed by atoms with van der Waals surface area (Å²) in [6.45, 7) is 2.37. The summed E-state index contributed by atoms with van der Waals surface area (Å²) in [5.41, 5.74) is 3.16. The molecule has 3 aromatic rings. The zero-order valence-corrected chi connectivity index (χ0v) is 20.4. The summed E-state index contributed by atoms with van der Waals surface area (Å²) < 4.78 is 40.9. The maximum atomic E-state index is 12.8. The molecule has 0 unspecified atom stereocenters. The van der Waals surface area contributed by atoms with Crippen LogP contribution in [0.25, 0.3) is 0 Å². The molecule has 2 aromatic carbocycles. The lowest BCUT2D eigenvalue weighted by Crippen LogP contribution is -2.52. The number of hydrogen-bond acceptors (Lipinski definition) is 6. The Morgan fingerprint density at radius 2 is 1.61 bits per heavy atom. The van der Waals surface area contributed by atoms with Gasteiger partial charge in [-0.3, -0.25) is 9.59 Å². The van der Waals surface area contributed by atoms with Crippen LogP contribution >= 0.6 is 0 Å². The van der Waals surface area contributed by atoms with Crippen molar-refractivity contribution in [3.8, 4) is 5.75 Å². The number of piperidine rings is 1. The number of benzene rings is 2. The first-order chi connectivity index (χ1) is 18.2. The van der Waals surface area contributed by atoms with E-state index in [0.29, 0.717) is 31.7 Å². The molecule has 198 valence electrons. The highest BCUT2D eigenvalue weighted by atomic mass is 19.4. The van der Waals surface area contributed by atoms with Crippen molar-refractivity contribution >= 4 is 23.2 Å². The van der Waals surface area contributed by atoms with Crippen LogP contribution in [0.3, 0.4) is 0 Å². The number of rotatable bonds is 6. The topological polar surface area (TPSA) is 87.7 Å². The number of carbonyl (C=O) groups excluding carboxylic acids is 2. The molecule has 0 aliphatic carbocycles. The Morgan fingerprint density at radius 1 is 0.921 bits per heavy atom. The van der Waals surface area contributed by atoms with E-state index in [1.807, 2.05) is 30.3 Å². The van der Waals surface area contributed by atoms with Crippen LogP contribution < -0.4 is 15.0 Å². The molecule has 0 spiro atoms. The molecule has 2 saturated heterocycles. The molecular formula is C27H26F3N5O3. The highest BCUT2D eigenvalue weighted by molar-refractivity contribution is 5.95. The summed E-state index contributed by atoms with van der Waals surface area (Å²) in [7, 11) is 0. The minimum absolute atomic E-state index is 0.0131. The molecule has 0 radical (unpaired) electrons. The minimum atomic E-state index is -4.77. The third-order valence-corrected chi connectivity index (χ3v) is 6.95. The average Bonchev–Trinajstić information content (AvgIpc) is 2.88. The molecule has 2 amide bonds. The Morgan fingerprint density at radius 3 is 2.21 bits per heavy atom. The Balaban J connectivity index is 1.08. The first-order valence-corrected chi connectivity index (χ1v) is 12.3. The van der Waals surface area contributed by atoms with E-state index in [9.17, 15) is 22.8 Å². The molecule has 2 aliphatic rings. The Bertz CT molecular complexity index is 1260. The van der Waals surface area contributed by atoms with Gasteiger partial charge in [-0.25, -0.2) is 0 Å². The van der Waals surface area contributed by atoms with Crippen molar-refractivity contribution in [2.24, 2.45) is 5.92 Å². The molecular weight excluding hydrogens is 499 g/mol. The second kappa shape index (κ2) is 10.7. The molecule has 2 aliphatic heterocycles. The Hall–Kier alpha value is -4.15. The second-order valence-corrected chi connectivity index (χ2v) is 9.45. The number of amides is 2. The number of likely N-dealkylation sites (tertiary alicyclic amines) is 1. The smallest absolute Gasteiger partial charge is 0.406 e. The van der Waals surface area contributed by atoms with Crippen molar-refractivity contribution in [3.63, 3.8) is 0 Å². The predicted octanol–water partition coefficient (Wildman–Crippen LogP) is 4.47. The molecule has 1 aromatic heterocycles. The van der Waals surface area contributed by atoms with Gasteiger partial charge < -0.3 is 19.9 Å². The van der Waals surface area contributed by atoms with Gasteiger partial charge in [-0.1, -0.05) is 12.1 Å². The highest BCUT2D eigenvalue weighted by Gasteiger charge is 2.33. The zero-order valence-electron chi connectivity index (χ0n) is 20.4. The maximum absolute atomic E-state index is 12.8. The quantitative estimate of drug-likeness (QED) is 0.511. The van der Waals surface area contributed by atoms with Crippen LogP contribution in [-0.4, -0.2) is 59.5 Å². The van der Waals surface area contributed by atoms with Gasteiger partial charge in [0.25, 0.3) is 5.91 Å². The second-order valence-electron chi connectivity index (χ2n) is 9.45. The van der Waals surface area contributed by atoms with E-state index in [0.717, 1.165) is 41.9 Å². The molecule has 2 fully saturated rings. The summed E-state index contributed by atoms with van der Waals surface area (Å²) in [5.74, 6) is -0.390. The average molecular weight is 526 g/mol. The standard InChI is InChI=1S/C27H26F3N5O3/c28-27(29,30)38-24-7-3-20(4-8-24)26(37)34-13-10-19(11-14-34)18-1-5-22(6-2-18)33-25(36)21-16-35(17-21)23-9-12-31-32-15-23/h1-9,12,15,19,21H,10-11,13-14,16-17H2,(H,33,36). The Labute approximate surface area is 217 Å². The summed E-state index contributed by atoms with van der Waals surface area (Å²) in [6, 6.07) is 14.7. The maximum Gasteiger partial charge on any atom is 0.573 e. The van der Waals surface area contributed by atoms with Crippen LogP contribution in [0, 0.1) is 5.92 Å². The normalized spacial score (nSPS) is 16.6. The molecule has 0 atom stereocenters. The summed E-state index contributed by atoms with van der Waals surface area (Å²) in [4.78, 5) is 29.2. The van der Waals surface area contributed by atoms with E-state index >= 15 is 0 Å². The molecule has 0 bridgehead atoms. The van der Waals surface area contributed by atoms with Crippen molar-refractivity contribution in [1.29, 1.82) is 0 Å². The van der Waals surface area contributed by atoms with Crippen LogP contribution in [0.15, 0.2) is 67.0 Å². The fourth-order valence-electron chi connectivity index (χ4n) is 4.81. The van der Waals surface area contributed by atoms with Crippen LogP contribution in [0.4, 0.5) is 24.5 Å². The van der Waals surface area contributed by atoms with Crippen molar-refractivity contribution < 1.29 is 27.5 Å². The number of nitrogens with one attached hydrogen (secondary N) is 1. The number of nitrogens with zero attached hydrogens (tertiary/aromatic N) is 4. The summed E-state index contributed by atoms with van der Waals surface area (Å²) in [6.07, 6.45) is 0.0873. The van der Waals surface area contributed by atoms with E-state index in [2.05, 4.69) is 25.2 Å². The molecule has 38 heavy (non-hydrogen) atoms.